The number of nitrogens with zero attached hydrogens (tertiary/aromatic N) is 2. The Hall–Kier alpha value is -1.97. The number of piperidine rings is 1. The van der Waals surface area contributed by atoms with Crippen LogP contribution in [-0.4, -0.2) is 72.0 Å². The third-order valence-electron chi connectivity index (χ3n) is 4.92. The highest BCUT2D eigenvalue weighted by atomic mass is 32.2. The molecular weight excluding hydrogens is 372 g/mol. The molecule has 1 aromatic carbocycles. The van der Waals surface area contributed by atoms with E-state index in [2.05, 4.69) is 4.90 Å². The van der Waals surface area contributed by atoms with Crippen molar-refractivity contribution < 1.29 is 28.2 Å². The first-order valence-electron chi connectivity index (χ1n) is 8.99. The maximum absolute atomic E-state index is 12.6. The molecule has 1 aromatic rings. The Morgan fingerprint density at radius 3 is 1.85 bits per heavy atom. The lowest BCUT2D eigenvalue weighted by molar-refractivity contribution is -0.159. The number of carbonyl (C=O) groups is 2. The number of carboxylic acid groups (broad SMARTS) is 2. The van der Waals surface area contributed by atoms with E-state index >= 15 is 0 Å². The molecule has 2 aliphatic heterocycles. The van der Waals surface area contributed by atoms with E-state index in [9.17, 15) is 8.42 Å². The van der Waals surface area contributed by atoms with Gasteiger partial charge in [-0.05, 0) is 57.8 Å². The zero-order chi connectivity index (χ0) is 20.0. The summed E-state index contributed by atoms with van der Waals surface area (Å²) in [6.45, 7) is 5.65. The average molecular weight is 398 g/mol. The third kappa shape index (κ3) is 5.75. The monoisotopic (exact) mass is 398 g/mol. The van der Waals surface area contributed by atoms with Crippen molar-refractivity contribution >= 4 is 22.0 Å². The minimum atomic E-state index is -3.31. The SMILES string of the molecule is Cc1ccc(S(=O)(=O)N2CCC(N3CCCC3)CC2)cc1.O=C(O)C(=O)O. The van der Waals surface area contributed by atoms with Gasteiger partial charge in [0.1, 0.15) is 0 Å². The molecule has 2 fully saturated rings. The van der Waals surface area contributed by atoms with Gasteiger partial charge in [-0.3, -0.25) is 0 Å². The second-order valence-corrected chi connectivity index (χ2v) is 8.74. The van der Waals surface area contributed by atoms with E-state index in [0.29, 0.717) is 24.0 Å². The maximum atomic E-state index is 12.6. The van der Waals surface area contributed by atoms with Crippen molar-refractivity contribution in [2.45, 2.75) is 43.5 Å². The molecule has 2 saturated heterocycles. The van der Waals surface area contributed by atoms with Crippen molar-refractivity contribution in [2.75, 3.05) is 26.2 Å². The van der Waals surface area contributed by atoms with Gasteiger partial charge in [-0.25, -0.2) is 18.0 Å². The highest BCUT2D eigenvalue weighted by Gasteiger charge is 2.32. The van der Waals surface area contributed by atoms with Crippen LogP contribution >= 0.6 is 0 Å². The maximum Gasteiger partial charge on any atom is 0.414 e. The molecule has 0 amide bonds. The quantitative estimate of drug-likeness (QED) is 0.740. The molecule has 9 heteroatoms. The Labute approximate surface area is 159 Å². The summed E-state index contributed by atoms with van der Waals surface area (Å²) in [7, 11) is -3.31. The predicted molar refractivity (Wildman–Crippen MR) is 99.0 cm³/mol. The molecule has 0 aliphatic carbocycles. The number of hydrogen-bond donors (Lipinski definition) is 2. The summed E-state index contributed by atoms with van der Waals surface area (Å²) in [6, 6.07) is 7.75. The van der Waals surface area contributed by atoms with Crippen LogP contribution in [0.15, 0.2) is 29.2 Å². The molecule has 2 aliphatic rings. The lowest BCUT2D eigenvalue weighted by atomic mass is 10.1. The van der Waals surface area contributed by atoms with Gasteiger partial charge in [0.25, 0.3) is 0 Å². The number of aryl methyl sites for hydroxylation is 1. The Morgan fingerprint density at radius 2 is 1.41 bits per heavy atom. The highest BCUT2D eigenvalue weighted by Crippen LogP contribution is 2.25. The molecule has 0 aromatic heterocycles. The van der Waals surface area contributed by atoms with Gasteiger partial charge in [0, 0.05) is 19.1 Å². The van der Waals surface area contributed by atoms with Crippen molar-refractivity contribution in [1.29, 1.82) is 0 Å². The van der Waals surface area contributed by atoms with Crippen molar-refractivity contribution in [3.63, 3.8) is 0 Å². The highest BCUT2D eigenvalue weighted by molar-refractivity contribution is 7.89. The van der Waals surface area contributed by atoms with E-state index < -0.39 is 22.0 Å². The molecule has 150 valence electrons. The van der Waals surface area contributed by atoms with Crippen LogP contribution in [0.5, 0.6) is 0 Å². The molecule has 0 bridgehead atoms. The summed E-state index contributed by atoms with van der Waals surface area (Å²) in [5.41, 5.74) is 1.08. The van der Waals surface area contributed by atoms with E-state index in [1.54, 1.807) is 16.4 Å². The van der Waals surface area contributed by atoms with E-state index in [-0.39, 0.29) is 0 Å². The lowest BCUT2D eigenvalue weighted by Gasteiger charge is -2.36. The summed E-state index contributed by atoms with van der Waals surface area (Å²) in [5.74, 6) is -3.65. The normalized spacial score (nSPS) is 19.3. The topological polar surface area (TPSA) is 115 Å². The summed E-state index contributed by atoms with van der Waals surface area (Å²) < 4.78 is 26.9. The van der Waals surface area contributed by atoms with Gasteiger partial charge in [-0.1, -0.05) is 17.7 Å². The van der Waals surface area contributed by atoms with Gasteiger partial charge < -0.3 is 15.1 Å². The number of benzene rings is 1. The standard InChI is InChI=1S/C16H24N2O2S.C2H2O4/c1-14-4-6-16(7-5-14)21(19,20)18-12-8-15(9-13-18)17-10-2-3-11-17;3-1(4)2(5)6/h4-7,15H,2-3,8-13H2,1H3;(H,3,4)(H,5,6). The Morgan fingerprint density at radius 1 is 0.926 bits per heavy atom. The van der Waals surface area contributed by atoms with Crippen LogP contribution in [0.2, 0.25) is 0 Å². The summed E-state index contributed by atoms with van der Waals surface area (Å²) in [4.78, 5) is 21.2. The van der Waals surface area contributed by atoms with Crippen molar-refractivity contribution in [3.8, 4) is 0 Å². The fourth-order valence-electron chi connectivity index (χ4n) is 3.41. The smallest absolute Gasteiger partial charge is 0.414 e. The van der Waals surface area contributed by atoms with Crippen molar-refractivity contribution in [1.82, 2.24) is 9.21 Å². The van der Waals surface area contributed by atoms with E-state index in [1.807, 2.05) is 19.1 Å². The van der Waals surface area contributed by atoms with Gasteiger partial charge in [-0.2, -0.15) is 4.31 Å². The minimum Gasteiger partial charge on any atom is -0.473 e. The zero-order valence-corrected chi connectivity index (χ0v) is 16.2. The fourth-order valence-corrected chi connectivity index (χ4v) is 4.88. The van der Waals surface area contributed by atoms with Crippen LogP contribution in [0.4, 0.5) is 0 Å². The Balaban J connectivity index is 0.000000380. The molecule has 27 heavy (non-hydrogen) atoms. The number of sulfonamides is 1. The number of aliphatic carboxylic acids is 2. The van der Waals surface area contributed by atoms with Crippen LogP contribution in [0.25, 0.3) is 0 Å². The van der Waals surface area contributed by atoms with E-state index in [1.165, 1.54) is 25.9 Å². The lowest BCUT2D eigenvalue weighted by Crippen LogP contribution is -2.45. The number of likely N-dealkylation sites (tertiary alicyclic amines) is 1. The van der Waals surface area contributed by atoms with Gasteiger partial charge in [0.2, 0.25) is 10.0 Å². The molecule has 0 spiro atoms. The van der Waals surface area contributed by atoms with Gasteiger partial charge in [0.05, 0.1) is 4.90 Å². The molecule has 0 unspecified atom stereocenters. The molecule has 2 N–H and O–H groups in total. The molecule has 0 atom stereocenters. The van der Waals surface area contributed by atoms with Gasteiger partial charge >= 0.3 is 11.9 Å². The van der Waals surface area contributed by atoms with Gasteiger partial charge in [-0.15, -0.1) is 0 Å². The molecule has 0 radical (unpaired) electrons. The largest absolute Gasteiger partial charge is 0.473 e. The molecular formula is C18H26N2O6S. The third-order valence-corrected chi connectivity index (χ3v) is 6.84. The summed E-state index contributed by atoms with van der Waals surface area (Å²) in [5, 5.41) is 14.8. The van der Waals surface area contributed by atoms with Crippen molar-refractivity contribution in [2.24, 2.45) is 0 Å². The molecule has 3 rings (SSSR count). The minimum absolute atomic E-state index is 0.424. The molecule has 0 saturated carbocycles. The predicted octanol–water partition coefficient (Wildman–Crippen LogP) is 1.40. The molecule has 8 nitrogen and oxygen atoms in total. The van der Waals surface area contributed by atoms with Crippen molar-refractivity contribution in [3.05, 3.63) is 29.8 Å². The van der Waals surface area contributed by atoms with Crippen LogP contribution in [0, 0.1) is 6.92 Å². The second-order valence-electron chi connectivity index (χ2n) is 6.80. The fraction of sp³-hybridized carbons (Fsp3) is 0.556. The van der Waals surface area contributed by atoms with Gasteiger partial charge in [0.15, 0.2) is 0 Å². The molecule has 2 heterocycles. The van der Waals surface area contributed by atoms with Crippen LogP contribution in [0.1, 0.15) is 31.2 Å². The Kier molecular flexibility index (Phi) is 7.34. The van der Waals surface area contributed by atoms with Crippen LogP contribution in [-0.2, 0) is 19.6 Å². The first-order chi connectivity index (χ1) is 12.7. The number of hydrogen-bond acceptors (Lipinski definition) is 5. The average Bonchev–Trinajstić information content (AvgIpc) is 3.17. The second kappa shape index (κ2) is 9.29. The summed E-state index contributed by atoms with van der Waals surface area (Å²) in [6.07, 6.45) is 4.51. The Bertz CT molecular complexity index is 737. The van der Waals surface area contributed by atoms with Crippen LogP contribution in [0.3, 0.4) is 0 Å². The zero-order valence-electron chi connectivity index (χ0n) is 15.4. The first kappa shape index (κ1) is 21.3. The number of carboxylic acids is 2. The number of rotatable bonds is 3. The van der Waals surface area contributed by atoms with Crippen LogP contribution < -0.4 is 0 Å². The summed E-state index contributed by atoms with van der Waals surface area (Å²) >= 11 is 0. The van der Waals surface area contributed by atoms with E-state index in [0.717, 1.165) is 18.4 Å². The van der Waals surface area contributed by atoms with E-state index in [4.69, 9.17) is 19.8 Å². The first-order valence-corrected chi connectivity index (χ1v) is 10.4.